The first-order valence-corrected chi connectivity index (χ1v) is 4.53. The van der Waals surface area contributed by atoms with Gasteiger partial charge in [0, 0.05) is 6.61 Å². The van der Waals surface area contributed by atoms with Crippen LogP contribution in [0.4, 0.5) is 0 Å². The van der Waals surface area contributed by atoms with E-state index >= 15 is 0 Å². The van der Waals surface area contributed by atoms with E-state index in [1.807, 2.05) is 6.92 Å². The van der Waals surface area contributed by atoms with Crippen LogP contribution >= 0.6 is 0 Å². The first-order chi connectivity index (χ1) is 5.76. The molecule has 0 aromatic rings. The smallest absolute Gasteiger partial charge is 0.309 e. The van der Waals surface area contributed by atoms with E-state index in [2.05, 4.69) is 0 Å². The molecule has 1 rings (SSSR count). The summed E-state index contributed by atoms with van der Waals surface area (Å²) in [6, 6.07) is 0. The van der Waals surface area contributed by atoms with Crippen molar-refractivity contribution in [2.75, 3.05) is 13.2 Å². The number of aliphatic hydroxyl groups is 1. The fourth-order valence-corrected chi connectivity index (χ4v) is 1.84. The highest BCUT2D eigenvalue weighted by molar-refractivity contribution is 5.76. The molecule has 0 saturated heterocycles. The number of carbonyl (C=O) groups is 1. The first-order valence-electron chi connectivity index (χ1n) is 4.53. The average molecular weight is 172 g/mol. The van der Waals surface area contributed by atoms with Crippen molar-refractivity contribution >= 4 is 5.97 Å². The zero-order chi connectivity index (χ0) is 9.14. The van der Waals surface area contributed by atoms with Gasteiger partial charge in [-0.25, -0.2) is 0 Å². The molecule has 1 aliphatic rings. The van der Waals surface area contributed by atoms with Gasteiger partial charge >= 0.3 is 5.97 Å². The Bertz CT molecular complexity index is 157. The Labute approximate surface area is 72.7 Å². The normalized spacial score (nSPS) is 33.1. The third kappa shape index (κ3) is 1.61. The van der Waals surface area contributed by atoms with Crippen molar-refractivity contribution < 1.29 is 14.6 Å². The van der Waals surface area contributed by atoms with Gasteiger partial charge in [0.25, 0.3) is 0 Å². The molecule has 0 heterocycles. The van der Waals surface area contributed by atoms with E-state index in [0.717, 1.165) is 6.42 Å². The van der Waals surface area contributed by atoms with Gasteiger partial charge < -0.3 is 9.84 Å². The number of aliphatic hydroxyl groups excluding tert-OH is 1. The van der Waals surface area contributed by atoms with Crippen LogP contribution in [-0.2, 0) is 9.53 Å². The largest absolute Gasteiger partial charge is 0.466 e. The van der Waals surface area contributed by atoms with E-state index in [1.165, 1.54) is 0 Å². The van der Waals surface area contributed by atoms with Crippen LogP contribution < -0.4 is 0 Å². The van der Waals surface area contributed by atoms with Crippen LogP contribution in [-0.4, -0.2) is 24.3 Å². The third-order valence-electron chi connectivity index (χ3n) is 2.57. The summed E-state index contributed by atoms with van der Waals surface area (Å²) in [6.07, 6.45) is 0.953. The maximum absolute atomic E-state index is 11.2. The van der Waals surface area contributed by atoms with Gasteiger partial charge in [0.15, 0.2) is 0 Å². The Balaban J connectivity index is 2.39. The summed E-state index contributed by atoms with van der Waals surface area (Å²) >= 11 is 0. The summed E-state index contributed by atoms with van der Waals surface area (Å²) in [5.41, 5.74) is 0. The summed E-state index contributed by atoms with van der Waals surface area (Å²) in [4.78, 5) is 11.2. The molecule has 1 saturated carbocycles. The predicted octanol–water partition coefficient (Wildman–Crippen LogP) is 0.814. The Morgan fingerprint density at radius 1 is 1.42 bits per heavy atom. The van der Waals surface area contributed by atoms with E-state index < -0.39 is 0 Å². The predicted molar refractivity (Wildman–Crippen MR) is 44.5 cm³/mol. The van der Waals surface area contributed by atoms with Gasteiger partial charge in [0.1, 0.15) is 0 Å². The summed E-state index contributed by atoms with van der Waals surface area (Å²) < 4.78 is 4.88. The average Bonchev–Trinajstić information content (AvgIpc) is 2.77. The van der Waals surface area contributed by atoms with Gasteiger partial charge in [-0.15, -0.1) is 0 Å². The molecule has 0 radical (unpaired) electrons. The summed E-state index contributed by atoms with van der Waals surface area (Å²) in [5, 5.41) is 8.89. The van der Waals surface area contributed by atoms with Gasteiger partial charge in [0.2, 0.25) is 0 Å². The molecule has 0 bridgehead atoms. The molecule has 0 amide bonds. The number of hydrogen-bond donors (Lipinski definition) is 1. The van der Waals surface area contributed by atoms with Gasteiger partial charge in [-0.2, -0.15) is 0 Å². The fourth-order valence-electron chi connectivity index (χ4n) is 1.84. The lowest BCUT2D eigenvalue weighted by Gasteiger charge is -1.98. The molecule has 1 N–H and O–H groups in total. The molecule has 0 aromatic heterocycles. The lowest BCUT2D eigenvalue weighted by Crippen LogP contribution is -2.09. The van der Waals surface area contributed by atoms with Gasteiger partial charge in [-0.1, -0.05) is 13.3 Å². The second kappa shape index (κ2) is 3.90. The van der Waals surface area contributed by atoms with Crippen LogP contribution in [0.15, 0.2) is 0 Å². The van der Waals surface area contributed by atoms with Crippen LogP contribution in [0.2, 0.25) is 0 Å². The maximum Gasteiger partial charge on any atom is 0.309 e. The second-order valence-electron chi connectivity index (χ2n) is 3.20. The lowest BCUT2D eigenvalue weighted by atomic mass is 10.2. The van der Waals surface area contributed by atoms with Crippen LogP contribution in [0, 0.1) is 17.8 Å². The van der Waals surface area contributed by atoms with Crippen molar-refractivity contribution in [1.29, 1.82) is 0 Å². The molecule has 70 valence electrons. The van der Waals surface area contributed by atoms with Crippen LogP contribution in [0.5, 0.6) is 0 Å². The Morgan fingerprint density at radius 3 is 2.42 bits per heavy atom. The second-order valence-corrected chi connectivity index (χ2v) is 3.20. The molecular weight excluding hydrogens is 156 g/mol. The minimum Gasteiger partial charge on any atom is -0.466 e. The number of ether oxygens (including phenoxy) is 1. The zero-order valence-electron chi connectivity index (χ0n) is 7.62. The molecule has 0 aromatic carbocycles. The number of hydrogen-bond acceptors (Lipinski definition) is 3. The molecule has 12 heavy (non-hydrogen) atoms. The molecule has 3 atom stereocenters. The summed E-state index contributed by atoms with van der Waals surface area (Å²) in [6.45, 7) is 4.38. The van der Waals surface area contributed by atoms with Gasteiger partial charge in [-0.3, -0.25) is 4.79 Å². The molecule has 1 fully saturated rings. The van der Waals surface area contributed by atoms with E-state index in [0.29, 0.717) is 12.5 Å². The standard InChI is InChI=1S/C9H16O3/c1-3-6-7(5-10)8(6)9(11)12-4-2/h6-8,10H,3-5H2,1-2H3. The van der Waals surface area contributed by atoms with E-state index in [9.17, 15) is 4.79 Å². The molecule has 3 unspecified atom stereocenters. The topological polar surface area (TPSA) is 46.5 Å². The monoisotopic (exact) mass is 172 g/mol. The van der Waals surface area contributed by atoms with Crippen molar-refractivity contribution in [2.24, 2.45) is 17.8 Å². The molecule has 0 aliphatic heterocycles. The number of esters is 1. The summed E-state index contributed by atoms with van der Waals surface area (Å²) in [7, 11) is 0. The molecule has 3 heteroatoms. The Hall–Kier alpha value is -0.570. The van der Waals surface area contributed by atoms with Crippen molar-refractivity contribution in [3.05, 3.63) is 0 Å². The lowest BCUT2D eigenvalue weighted by molar-refractivity contribution is -0.145. The molecular formula is C9H16O3. The summed E-state index contributed by atoms with van der Waals surface area (Å²) in [5.74, 6) is 0.353. The van der Waals surface area contributed by atoms with E-state index in [-0.39, 0.29) is 24.4 Å². The Kier molecular flexibility index (Phi) is 3.09. The molecule has 0 spiro atoms. The highest BCUT2D eigenvalue weighted by Gasteiger charge is 2.53. The van der Waals surface area contributed by atoms with Crippen LogP contribution in [0.25, 0.3) is 0 Å². The zero-order valence-corrected chi connectivity index (χ0v) is 7.62. The quantitative estimate of drug-likeness (QED) is 0.638. The SMILES string of the molecule is CCOC(=O)C1C(CC)C1CO. The van der Waals surface area contributed by atoms with Crippen LogP contribution in [0.3, 0.4) is 0 Å². The van der Waals surface area contributed by atoms with Crippen molar-refractivity contribution in [3.8, 4) is 0 Å². The third-order valence-corrected chi connectivity index (χ3v) is 2.57. The Morgan fingerprint density at radius 2 is 2.08 bits per heavy atom. The maximum atomic E-state index is 11.2. The number of carbonyl (C=O) groups excluding carboxylic acids is 1. The highest BCUT2D eigenvalue weighted by atomic mass is 16.5. The van der Waals surface area contributed by atoms with Crippen molar-refractivity contribution in [1.82, 2.24) is 0 Å². The fraction of sp³-hybridized carbons (Fsp3) is 0.889. The minimum absolute atomic E-state index is 0.0278. The minimum atomic E-state index is -0.136. The number of rotatable bonds is 4. The molecule has 3 nitrogen and oxygen atoms in total. The highest BCUT2D eigenvalue weighted by Crippen LogP contribution is 2.48. The van der Waals surface area contributed by atoms with E-state index in [4.69, 9.17) is 9.84 Å². The van der Waals surface area contributed by atoms with Crippen LogP contribution in [0.1, 0.15) is 20.3 Å². The molecule has 1 aliphatic carbocycles. The first kappa shape index (κ1) is 9.52. The van der Waals surface area contributed by atoms with Gasteiger partial charge in [0.05, 0.1) is 12.5 Å². The van der Waals surface area contributed by atoms with Gasteiger partial charge in [-0.05, 0) is 18.8 Å². The van der Waals surface area contributed by atoms with E-state index in [1.54, 1.807) is 6.92 Å². The van der Waals surface area contributed by atoms with Crippen molar-refractivity contribution in [3.63, 3.8) is 0 Å². The van der Waals surface area contributed by atoms with Crippen molar-refractivity contribution in [2.45, 2.75) is 20.3 Å².